The van der Waals surface area contributed by atoms with Crippen LogP contribution in [0.1, 0.15) is 58.2 Å². The summed E-state index contributed by atoms with van der Waals surface area (Å²) in [4.78, 5) is 14.1. The molecule has 45 heavy (non-hydrogen) atoms. The fourth-order valence-electron chi connectivity index (χ4n) is 5.84. The molecule has 4 aromatic rings. The maximum atomic E-state index is 6.17. The molecule has 3 aliphatic rings. The van der Waals surface area contributed by atoms with Gasteiger partial charge in [-0.3, -0.25) is 0 Å². The molecule has 3 aliphatic heterocycles. The minimum absolute atomic E-state index is 0.292. The van der Waals surface area contributed by atoms with Crippen molar-refractivity contribution in [2.45, 2.75) is 58.3 Å². The lowest BCUT2D eigenvalue weighted by Gasteiger charge is -2.18. The Kier molecular flexibility index (Phi) is 6.92. The van der Waals surface area contributed by atoms with Crippen molar-refractivity contribution < 1.29 is 14.2 Å². The van der Waals surface area contributed by atoms with E-state index in [9.17, 15) is 0 Å². The number of nitrogens with zero attached hydrogens (tertiary/aromatic N) is 3. The van der Waals surface area contributed by atoms with Crippen LogP contribution in [0.15, 0.2) is 106 Å². The Labute approximate surface area is 265 Å². The van der Waals surface area contributed by atoms with Crippen LogP contribution in [0.4, 0.5) is 0 Å². The van der Waals surface area contributed by atoms with Gasteiger partial charge in [0.05, 0.1) is 19.6 Å². The number of ether oxygens (including phenoxy) is 3. The lowest BCUT2D eigenvalue weighted by Crippen LogP contribution is -2.24. The molecule has 0 saturated heterocycles. The molecule has 228 valence electrons. The van der Waals surface area contributed by atoms with Crippen LogP contribution < -0.4 is 0 Å². The molecule has 0 unspecified atom stereocenters. The second-order valence-electron chi connectivity index (χ2n) is 14.0. The van der Waals surface area contributed by atoms with Gasteiger partial charge < -0.3 is 14.2 Å². The maximum Gasteiger partial charge on any atom is 0.216 e. The van der Waals surface area contributed by atoms with E-state index in [4.69, 9.17) is 14.2 Å². The standard InChI is InChI=1S/C39H39N3O3/c1-37(2)22-40-34(43-37)28-13-7-10-25(16-28)31-19-32(26-11-8-14-29(17-26)35-41-23-38(3,4)44-35)21-33(20-31)27-12-9-15-30(18-27)36-42-24-39(5,6)45-36/h7-21H,22-24H2,1-6H3. The molecule has 7 rings (SSSR count). The van der Waals surface area contributed by atoms with Gasteiger partial charge in [-0.2, -0.15) is 0 Å². The number of rotatable bonds is 6. The molecule has 0 bridgehead atoms. The number of hydrogen-bond donors (Lipinski definition) is 0. The van der Waals surface area contributed by atoms with Crippen LogP contribution in [0.5, 0.6) is 0 Å². The first-order valence-electron chi connectivity index (χ1n) is 15.6. The number of benzene rings is 4. The molecule has 0 fully saturated rings. The molecule has 6 nitrogen and oxygen atoms in total. The van der Waals surface area contributed by atoms with Gasteiger partial charge in [0.25, 0.3) is 0 Å². The summed E-state index contributed by atoms with van der Waals surface area (Å²) < 4.78 is 18.5. The van der Waals surface area contributed by atoms with Gasteiger partial charge in [-0.05, 0) is 130 Å². The number of hydrogen-bond acceptors (Lipinski definition) is 6. The Morgan fingerprint density at radius 3 is 0.867 bits per heavy atom. The molecule has 3 heterocycles. The summed E-state index contributed by atoms with van der Waals surface area (Å²) in [7, 11) is 0. The van der Waals surface area contributed by atoms with Crippen molar-refractivity contribution in [1.29, 1.82) is 0 Å². The topological polar surface area (TPSA) is 64.8 Å². The van der Waals surface area contributed by atoms with Gasteiger partial charge in [0.1, 0.15) is 16.8 Å². The Bertz CT molecular complexity index is 1670. The van der Waals surface area contributed by atoms with E-state index < -0.39 is 0 Å². The highest BCUT2D eigenvalue weighted by Gasteiger charge is 2.30. The summed E-state index contributed by atoms with van der Waals surface area (Å²) in [6.07, 6.45) is 0. The zero-order valence-corrected chi connectivity index (χ0v) is 26.8. The van der Waals surface area contributed by atoms with Crippen LogP contribution in [0.25, 0.3) is 33.4 Å². The molecule has 0 N–H and O–H groups in total. The van der Waals surface area contributed by atoms with Crippen LogP contribution >= 0.6 is 0 Å². The molecular formula is C39H39N3O3. The van der Waals surface area contributed by atoms with Crippen molar-refractivity contribution in [3.8, 4) is 33.4 Å². The average Bonchev–Trinajstić information content (AvgIpc) is 3.71. The first-order chi connectivity index (χ1) is 21.4. The lowest BCUT2D eigenvalue weighted by molar-refractivity contribution is 0.131. The van der Waals surface area contributed by atoms with Gasteiger partial charge in [0.15, 0.2) is 0 Å². The van der Waals surface area contributed by atoms with E-state index in [-0.39, 0.29) is 16.8 Å². The minimum Gasteiger partial charge on any atom is -0.469 e. The second-order valence-corrected chi connectivity index (χ2v) is 14.0. The summed E-state index contributed by atoms with van der Waals surface area (Å²) in [6.45, 7) is 14.4. The third-order valence-corrected chi connectivity index (χ3v) is 8.19. The van der Waals surface area contributed by atoms with Crippen molar-refractivity contribution >= 4 is 17.7 Å². The Morgan fingerprint density at radius 1 is 0.378 bits per heavy atom. The van der Waals surface area contributed by atoms with Gasteiger partial charge in [-0.25, -0.2) is 15.0 Å². The first kappa shape index (κ1) is 29.0. The Morgan fingerprint density at radius 2 is 0.622 bits per heavy atom. The highest BCUT2D eigenvalue weighted by atomic mass is 16.5. The van der Waals surface area contributed by atoms with Crippen LogP contribution in [0, 0.1) is 0 Å². The van der Waals surface area contributed by atoms with E-state index >= 15 is 0 Å². The average molecular weight is 598 g/mol. The summed E-state index contributed by atoms with van der Waals surface area (Å²) in [5, 5.41) is 0. The van der Waals surface area contributed by atoms with Crippen molar-refractivity contribution in [2.24, 2.45) is 15.0 Å². The fourth-order valence-corrected chi connectivity index (χ4v) is 5.84. The highest BCUT2D eigenvalue weighted by molar-refractivity contribution is 5.99. The van der Waals surface area contributed by atoms with E-state index in [1.54, 1.807) is 0 Å². The molecule has 0 saturated carbocycles. The van der Waals surface area contributed by atoms with Gasteiger partial charge in [-0.1, -0.05) is 36.4 Å². The quantitative estimate of drug-likeness (QED) is 0.224. The summed E-state index contributed by atoms with van der Waals surface area (Å²) in [6, 6.07) is 32.1. The van der Waals surface area contributed by atoms with Gasteiger partial charge in [-0.15, -0.1) is 0 Å². The van der Waals surface area contributed by atoms with Crippen LogP contribution in [0.3, 0.4) is 0 Å². The van der Waals surface area contributed by atoms with Crippen LogP contribution in [-0.2, 0) is 14.2 Å². The maximum absolute atomic E-state index is 6.17. The first-order valence-corrected chi connectivity index (χ1v) is 15.6. The molecule has 0 radical (unpaired) electrons. The van der Waals surface area contributed by atoms with Gasteiger partial charge in [0, 0.05) is 16.7 Å². The van der Waals surface area contributed by atoms with E-state index in [0.717, 1.165) is 50.1 Å². The third kappa shape index (κ3) is 6.15. The predicted molar refractivity (Wildman–Crippen MR) is 182 cm³/mol. The van der Waals surface area contributed by atoms with E-state index in [0.29, 0.717) is 37.3 Å². The lowest BCUT2D eigenvalue weighted by atomic mass is 9.92. The summed E-state index contributed by atoms with van der Waals surface area (Å²) >= 11 is 0. The smallest absolute Gasteiger partial charge is 0.216 e. The minimum atomic E-state index is -0.292. The van der Waals surface area contributed by atoms with Crippen molar-refractivity contribution in [2.75, 3.05) is 19.6 Å². The zero-order valence-electron chi connectivity index (χ0n) is 26.8. The zero-order chi connectivity index (χ0) is 31.4. The van der Waals surface area contributed by atoms with Crippen molar-refractivity contribution in [3.05, 3.63) is 108 Å². The van der Waals surface area contributed by atoms with E-state index in [1.807, 2.05) is 0 Å². The normalized spacial score (nSPS) is 19.2. The predicted octanol–water partition coefficient (Wildman–Crippen LogP) is 8.35. The monoisotopic (exact) mass is 597 g/mol. The Balaban J connectivity index is 1.32. The third-order valence-electron chi connectivity index (χ3n) is 8.19. The summed E-state index contributed by atoms with van der Waals surface area (Å²) in [5.41, 5.74) is 8.64. The fraction of sp³-hybridized carbons (Fsp3) is 0.308. The largest absolute Gasteiger partial charge is 0.469 e. The number of aliphatic imine (C=N–C) groups is 3. The molecule has 0 spiro atoms. The molecule has 0 aromatic heterocycles. The van der Waals surface area contributed by atoms with E-state index in [2.05, 4.69) is 148 Å². The second kappa shape index (κ2) is 10.7. The molecular weight excluding hydrogens is 558 g/mol. The van der Waals surface area contributed by atoms with Crippen LogP contribution in [-0.4, -0.2) is 54.1 Å². The van der Waals surface area contributed by atoms with Crippen molar-refractivity contribution in [1.82, 2.24) is 0 Å². The van der Waals surface area contributed by atoms with Gasteiger partial charge in [0.2, 0.25) is 17.7 Å². The van der Waals surface area contributed by atoms with E-state index in [1.165, 1.54) is 0 Å². The molecule has 0 amide bonds. The highest BCUT2D eigenvalue weighted by Crippen LogP contribution is 2.35. The molecule has 0 atom stereocenters. The molecule has 4 aromatic carbocycles. The molecule has 0 aliphatic carbocycles. The summed E-state index contributed by atoms with van der Waals surface area (Å²) in [5.74, 6) is 2.08. The van der Waals surface area contributed by atoms with Crippen LogP contribution in [0.2, 0.25) is 0 Å². The molecule has 6 heteroatoms. The van der Waals surface area contributed by atoms with Crippen molar-refractivity contribution in [3.63, 3.8) is 0 Å². The Hall–Kier alpha value is -4.71. The van der Waals surface area contributed by atoms with Gasteiger partial charge >= 0.3 is 0 Å². The SMILES string of the molecule is CC1(C)CN=C(c2cccc(-c3cc(-c4cccc(C5=NCC(C)(C)O5)c4)cc(-c4cccc(C5=NCC(C)(C)O5)c4)c3)c2)O1.